The Bertz CT molecular complexity index is 820. The van der Waals surface area contributed by atoms with Gasteiger partial charge in [0.2, 0.25) is 0 Å². The highest BCUT2D eigenvalue weighted by molar-refractivity contribution is 6.04. The molecule has 2 aromatic rings. The number of carbonyl (C=O) groups excluding carboxylic acids is 1. The minimum Gasteiger partial charge on any atom is -0.337 e. The van der Waals surface area contributed by atoms with Crippen LogP contribution in [0, 0.1) is 0 Å². The standard InChI is InChI=1S/C19H26N4O2/c1-4-11-23-18(24)16-8-6-5-7-15(16)17(20-23)19(25)22-12-9-14(10-13-22)21(2)3/h5-8,14H,4,9-13H2,1-3H3. The zero-order chi connectivity index (χ0) is 18.0. The van der Waals surface area contributed by atoms with E-state index in [2.05, 4.69) is 24.1 Å². The lowest BCUT2D eigenvalue weighted by Crippen LogP contribution is -2.45. The molecule has 6 nitrogen and oxygen atoms in total. The fourth-order valence-electron chi connectivity index (χ4n) is 3.49. The Balaban J connectivity index is 1.96. The molecule has 6 heteroatoms. The van der Waals surface area contributed by atoms with Crippen LogP contribution in [0.2, 0.25) is 0 Å². The number of fused-ring (bicyclic) bond motifs is 1. The second-order valence-electron chi connectivity index (χ2n) is 6.91. The van der Waals surface area contributed by atoms with Crippen LogP contribution in [0.4, 0.5) is 0 Å². The SMILES string of the molecule is CCCn1nc(C(=O)N2CCC(N(C)C)CC2)c2ccccc2c1=O. The maximum absolute atomic E-state index is 13.1. The second kappa shape index (κ2) is 7.35. The molecule has 0 spiro atoms. The Labute approximate surface area is 148 Å². The third-order valence-electron chi connectivity index (χ3n) is 4.99. The molecule has 3 rings (SSSR count). The summed E-state index contributed by atoms with van der Waals surface area (Å²) in [6.45, 7) is 3.97. The van der Waals surface area contributed by atoms with E-state index >= 15 is 0 Å². The van der Waals surface area contributed by atoms with Gasteiger partial charge in [-0.25, -0.2) is 4.68 Å². The van der Waals surface area contributed by atoms with Crippen LogP contribution in [0.15, 0.2) is 29.1 Å². The molecule has 25 heavy (non-hydrogen) atoms. The molecule has 134 valence electrons. The minimum absolute atomic E-state index is 0.0711. The number of aromatic nitrogens is 2. The van der Waals surface area contributed by atoms with E-state index in [1.54, 1.807) is 6.07 Å². The molecule has 2 heterocycles. The van der Waals surface area contributed by atoms with Crippen molar-refractivity contribution < 1.29 is 4.79 Å². The van der Waals surface area contributed by atoms with Crippen molar-refractivity contribution in [3.05, 3.63) is 40.3 Å². The van der Waals surface area contributed by atoms with Gasteiger partial charge < -0.3 is 9.80 Å². The van der Waals surface area contributed by atoms with Gasteiger partial charge in [-0.15, -0.1) is 0 Å². The third-order valence-corrected chi connectivity index (χ3v) is 4.99. The molecule has 0 radical (unpaired) electrons. The largest absolute Gasteiger partial charge is 0.337 e. The van der Waals surface area contributed by atoms with Gasteiger partial charge in [-0.2, -0.15) is 5.10 Å². The molecule has 0 aliphatic carbocycles. The number of hydrogen-bond acceptors (Lipinski definition) is 4. The molecule has 0 bridgehead atoms. The van der Waals surface area contributed by atoms with Crippen molar-refractivity contribution in [3.63, 3.8) is 0 Å². The summed E-state index contributed by atoms with van der Waals surface area (Å²) in [7, 11) is 4.16. The average Bonchev–Trinajstić information content (AvgIpc) is 2.64. The molecule has 0 atom stereocenters. The number of benzene rings is 1. The van der Waals surface area contributed by atoms with Crippen LogP contribution in [0.5, 0.6) is 0 Å². The van der Waals surface area contributed by atoms with Crippen LogP contribution in [-0.4, -0.2) is 58.7 Å². The van der Waals surface area contributed by atoms with Crippen LogP contribution >= 0.6 is 0 Å². The summed E-state index contributed by atoms with van der Waals surface area (Å²) in [5.41, 5.74) is 0.271. The smallest absolute Gasteiger partial charge is 0.274 e. The fourth-order valence-corrected chi connectivity index (χ4v) is 3.49. The highest BCUT2D eigenvalue weighted by Crippen LogP contribution is 2.19. The zero-order valence-electron chi connectivity index (χ0n) is 15.2. The van der Waals surface area contributed by atoms with E-state index in [1.807, 2.05) is 30.0 Å². The van der Waals surface area contributed by atoms with Gasteiger partial charge in [-0.3, -0.25) is 9.59 Å². The summed E-state index contributed by atoms with van der Waals surface area (Å²) in [5, 5.41) is 5.64. The van der Waals surface area contributed by atoms with E-state index in [-0.39, 0.29) is 11.5 Å². The molecule has 0 N–H and O–H groups in total. The summed E-state index contributed by atoms with van der Waals surface area (Å²) in [6.07, 6.45) is 2.73. The van der Waals surface area contributed by atoms with E-state index in [0.717, 1.165) is 32.4 Å². The number of carbonyl (C=O) groups is 1. The normalized spacial score (nSPS) is 15.9. The average molecular weight is 342 g/mol. The summed E-state index contributed by atoms with van der Waals surface area (Å²) >= 11 is 0. The first kappa shape index (κ1) is 17.6. The zero-order valence-corrected chi connectivity index (χ0v) is 15.2. The van der Waals surface area contributed by atoms with Crippen molar-refractivity contribution in [2.75, 3.05) is 27.2 Å². The van der Waals surface area contributed by atoms with E-state index in [4.69, 9.17) is 0 Å². The van der Waals surface area contributed by atoms with E-state index in [0.29, 0.717) is 29.1 Å². The van der Waals surface area contributed by atoms with Crippen molar-refractivity contribution in [2.45, 2.75) is 38.8 Å². The lowest BCUT2D eigenvalue weighted by molar-refractivity contribution is 0.0657. The van der Waals surface area contributed by atoms with Crippen LogP contribution < -0.4 is 5.56 Å². The molecule has 1 aromatic carbocycles. The van der Waals surface area contributed by atoms with Crippen molar-refractivity contribution in [2.24, 2.45) is 0 Å². The molecule has 0 saturated carbocycles. The number of amides is 1. The quantitative estimate of drug-likeness (QED) is 0.852. The Morgan fingerprint density at radius 1 is 1.20 bits per heavy atom. The van der Waals surface area contributed by atoms with Gasteiger partial charge in [0.15, 0.2) is 5.69 Å². The molecule has 1 amide bonds. The molecule has 1 aliphatic rings. The molecule has 1 aromatic heterocycles. The molecule has 1 fully saturated rings. The number of aryl methyl sites for hydroxylation is 1. The Morgan fingerprint density at radius 3 is 2.44 bits per heavy atom. The predicted molar refractivity (Wildman–Crippen MR) is 98.9 cm³/mol. The lowest BCUT2D eigenvalue weighted by Gasteiger charge is -2.35. The minimum atomic E-state index is -0.125. The van der Waals surface area contributed by atoms with Crippen molar-refractivity contribution in [3.8, 4) is 0 Å². The maximum atomic E-state index is 13.1. The highest BCUT2D eigenvalue weighted by atomic mass is 16.2. The lowest BCUT2D eigenvalue weighted by atomic mass is 10.0. The molecular weight excluding hydrogens is 316 g/mol. The molecule has 1 saturated heterocycles. The number of hydrogen-bond donors (Lipinski definition) is 0. The van der Waals surface area contributed by atoms with Crippen LogP contribution in [0.3, 0.4) is 0 Å². The number of piperidine rings is 1. The summed E-state index contributed by atoms with van der Waals surface area (Å²) < 4.78 is 1.43. The van der Waals surface area contributed by atoms with Crippen molar-refractivity contribution >= 4 is 16.7 Å². The van der Waals surface area contributed by atoms with Crippen LogP contribution in [0.1, 0.15) is 36.7 Å². The maximum Gasteiger partial charge on any atom is 0.274 e. The van der Waals surface area contributed by atoms with Crippen LogP contribution in [0.25, 0.3) is 10.8 Å². The molecular formula is C19H26N4O2. The van der Waals surface area contributed by atoms with E-state index in [1.165, 1.54) is 4.68 Å². The molecule has 0 unspecified atom stereocenters. The van der Waals surface area contributed by atoms with Gasteiger partial charge in [0, 0.05) is 31.1 Å². The fraction of sp³-hybridized carbons (Fsp3) is 0.526. The van der Waals surface area contributed by atoms with Gasteiger partial charge in [0.05, 0.1) is 5.39 Å². The Morgan fingerprint density at radius 2 is 1.84 bits per heavy atom. The van der Waals surface area contributed by atoms with Gasteiger partial charge in [-0.05, 0) is 39.4 Å². The Hall–Kier alpha value is -2.21. The summed E-state index contributed by atoms with van der Waals surface area (Å²) in [4.78, 5) is 29.7. The van der Waals surface area contributed by atoms with Gasteiger partial charge in [0.1, 0.15) is 0 Å². The Kier molecular flexibility index (Phi) is 5.18. The monoisotopic (exact) mass is 342 g/mol. The van der Waals surface area contributed by atoms with Gasteiger partial charge in [0.25, 0.3) is 11.5 Å². The number of rotatable bonds is 4. The van der Waals surface area contributed by atoms with Gasteiger partial charge >= 0.3 is 0 Å². The number of likely N-dealkylation sites (tertiary alicyclic amines) is 1. The summed E-state index contributed by atoms with van der Waals surface area (Å²) in [5.74, 6) is -0.0711. The third kappa shape index (κ3) is 3.44. The second-order valence-corrected chi connectivity index (χ2v) is 6.91. The van der Waals surface area contributed by atoms with Crippen molar-refractivity contribution in [1.29, 1.82) is 0 Å². The molecule has 1 aliphatic heterocycles. The first-order valence-corrected chi connectivity index (χ1v) is 8.98. The van der Waals surface area contributed by atoms with Gasteiger partial charge in [-0.1, -0.05) is 25.1 Å². The summed E-state index contributed by atoms with van der Waals surface area (Å²) in [6, 6.07) is 7.79. The predicted octanol–water partition coefficient (Wildman–Crippen LogP) is 1.97. The van der Waals surface area contributed by atoms with E-state index in [9.17, 15) is 9.59 Å². The highest BCUT2D eigenvalue weighted by Gasteiger charge is 2.27. The first-order chi connectivity index (χ1) is 12.0. The number of nitrogens with zero attached hydrogens (tertiary/aromatic N) is 4. The van der Waals surface area contributed by atoms with Crippen LogP contribution in [-0.2, 0) is 6.54 Å². The van der Waals surface area contributed by atoms with Crippen molar-refractivity contribution in [1.82, 2.24) is 19.6 Å². The van der Waals surface area contributed by atoms with E-state index < -0.39 is 0 Å². The first-order valence-electron chi connectivity index (χ1n) is 8.98. The topological polar surface area (TPSA) is 58.4 Å².